The minimum absolute atomic E-state index is 0.241. The third-order valence-corrected chi connectivity index (χ3v) is 5.44. The van der Waals surface area contributed by atoms with Gasteiger partial charge in [-0.15, -0.1) is 11.3 Å². The molecule has 3 rings (SSSR count). The van der Waals surface area contributed by atoms with Crippen molar-refractivity contribution in [1.29, 1.82) is 0 Å². The number of aromatic nitrogens is 1. The Morgan fingerprint density at radius 3 is 2.45 bits per heavy atom. The SMILES string of the molecule is Cc1ccc(-c2ncc(C(=O)Nc3ccc(N(C)C)cc3C(F)(F)F)s2)c(C)c1. The predicted molar refractivity (Wildman–Crippen MR) is 111 cm³/mol. The van der Waals surface area contributed by atoms with Crippen LogP contribution < -0.4 is 10.2 Å². The normalized spacial score (nSPS) is 11.4. The fourth-order valence-electron chi connectivity index (χ4n) is 2.90. The summed E-state index contributed by atoms with van der Waals surface area (Å²) < 4.78 is 40.4. The molecule has 0 aliphatic rings. The van der Waals surface area contributed by atoms with E-state index in [4.69, 9.17) is 0 Å². The van der Waals surface area contributed by atoms with Crippen LogP contribution in [0.2, 0.25) is 0 Å². The molecule has 0 unspecified atom stereocenters. The first-order chi connectivity index (χ1) is 13.6. The predicted octanol–water partition coefficient (Wildman–Crippen LogP) is 5.76. The molecule has 3 aromatic rings. The standard InChI is InChI=1S/C21H20F3N3OS/c1-12-5-7-15(13(2)9-12)20-25-11-18(29-20)19(28)26-17-8-6-14(27(3)4)10-16(17)21(22,23)24/h5-11H,1-4H3,(H,26,28). The zero-order valence-electron chi connectivity index (χ0n) is 16.4. The highest BCUT2D eigenvalue weighted by Gasteiger charge is 2.34. The molecular formula is C21H20F3N3OS. The summed E-state index contributed by atoms with van der Waals surface area (Å²) in [5.74, 6) is -0.624. The summed E-state index contributed by atoms with van der Waals surface area (Å²) in [7, 11) is 3.30. The Kier molecular flexibility index (Phi) is 5.66. The van der Waals surface area contributed by atoms with E-state index in [9.17, 15) is 18.0 Å². The van der Waals surface area contributed by atoms with Crippen LogP contribution in [0.3, 0.4) is 0 Å². The third-order valence-electron chi connectivity index (χ3n) is 4.41. The van der Waals surface area contributed by atoms with Crippen molar-refractivity contribution in [3.05, 3.63) is 64.2 Å². The molecular weight excluding hydrogens is 399 g/mol. The van der Waals surface area contributed by atoms with E-state index in [1.54, 1.807) is 19.0 Å². The number of alkyl halides is 3. The number of carbonyl (C=O) groups is 1. The molecule has 0 aliphatic carbocycles. The Morgan fingerprint density at radius 1 is 1.10 bits per heavy atom. The van der Waals surface area contributed by atoms with Crippen LogP contribution in [-0.4, -0.2) is 25.0 Å². The average Bonchev–Trinajstić information content (AvgIpc) is 3.10. The number of anilines is 2. The Hall–Kier alpha value is -2.87. The van der Waals surface area contributed by atoms with Crippen molar-refractivity contribution in [2.45, 2.75) is 20.0 Å². The molecule has 1 amide bonds. The fourth-order valence-corrected chi connectivity index (χ4v) is 3.80. The van der Waals surface area contributed by atoms with Crippen LogP contribution in [0.15, 0.2) is 42.6 Å². The summed E-state index contributed by atoms with van der Waals surface area (Å²) in [4.78, 5) is 18.7. The van der Waals surface area contributed by atoms with Crippen LogP contribution in [0, 0.1) is 13.8 Å². The number of aryl methyl sites for hydroxylation is 2. The van der Waals surface area contributed by atoms with Crippen LogP contribution in [0.1, 0.15) is 26.4 Å². The second kappa shape index (κ2) is 7.87. The third kappa shape index (κ3) is 4.59. The molecule has 1 N–H and O–H groups in total. The number of nitrogens with one attached hydrogen (secondary N) is 1. The van der Waals surface area contributed by atoms with Gasteiger partial charge in [-0.3, -0.25) is 4.79 Å². The molecule has 4 nitrogen and oxygen atoms in total. The van der Waals surface area contributed by atoms with Crippen LogP contribution in [0.25, 0.3) is 10.6 Å². The van der Waals surface area contributed by atoms with Gasteiger partial charge < -0.3 is 10.2 Å². The monoisotopic (exact) mass is 419 g/mol. The summed E-state index contributed by atoms with van der Waals surface area (Å²) in [5, 5.41) is 3.03. The summed E-state index contributed by atoms with van der Waals surface area (Å²) in [6.45, 7) is 3.93. The molecule has 1 heterocycles. The number of halogens is 3. The first-order valence-corrected chi connectivity index (χ1v) is 9.61. The van der Waals surface area contributed by atoms with Gasteiger partial charge in [-0.05, 0) is 37.6 Å². The highest BCUT2D eigenvalue weighted by Crippen LogP contribution is 2.37. The molecule has 0 atom stereocenters. The summed E-state index contributed by atoms with van der Waals surface area (Å²) in [6.07, 6.45) is -3.21. The number of carbonyl (C=O) groups excluding carboxylic acids is 1. The molecule has 0 fully saturated rings. The van der Waals surface area contributed by atoms with Gasteiger partial charge in [-0.1, -0.05) is 23.8 Å². The van der Waals surface area contributed by atoms with Gasteiger partial charge in [0.15, 0.2) is 0 Å². The van der Waals surface area contributed by atoms with Crippen LogP contribution in [0.4, 0.5) is 24.5 Å². The van der Waals surface area contributed by atoms with Crippen LogP contribution in [-0.2, 0) is 6.18 Å². The highest BCUT2D eigenvalue weighted by atomic mass is 32.1. The molecule has 0 saturated carbocycles. The number of hydrogen-bond acceptors (Lipinski definition) is 4. The van der Waals surface area contributed by atoms with Crippen LogP contribution in [0.5, 0.6) is 0 Å². The van der Waals surface area contributed by atoms with Gasteiger partial charge in [0.25, 0.3) is 5.91 Å². The van der Waals surface area contributed by atoms with Gasteiger partial charge in [0.2, 0.25) is 0 Å². The molecule has 0 bridgehead atoms. The van der Waals surface area contributed by atoms with Gasteiger partial charge >= 0.3 is 6.18 Å². The lowest BCUT2D eigenvalue weighted by atomic mass is 10.1. The van der Waals surface area contributed by atoms with Crippen molar-refractivity contribution in [2.75, 3.05) is 24.3 Å². The van der Waals surface area contributed by atoms with Crippen LogP contribution >= 0.6 is 11.3 Å². The van der Waals surface area contributed by atoms with Gasteiger partial charge in [0.05, 0.1) is 17.4 Å². The van der Waals surface area contributed by atoms with Gasteiger partial charge in [0.1, 0.15) is 9.88 Å². The smallest absolute Gasteiger partial charge is 0.378 e. The van der Waals surface area contributed by atoms with E-state index in [0.717, 1.165) is 34.1 Å². The molecule has 0 radical (unpaired) electrons. The number of nitrogens with zero attached hydrogens (tertiary/aromatic N) is 2. The first kappa shape index (κ1) is 20.9. The molecule has 0 saturated heterocycles. The molecule has 0 aliphatic heterocycles. The van der Waals surface area contributed by atoms with E-state index in [2.05, 4.69) is 10.3 Å². The number of benzene rings is 2. The Labute approximate surface area is 171 Å². The van der Waals surface area contributed by atoms with Crippen molar-refractivity contribution in [3.63, 3.8) is 0 Å². The summed E-state index contributed by atoms with van der Waals surface area (Å²) in [5.41, 5.74) is 2.24. The van der Waals surface area contributed by atoms with Gasteiger partial charge in [0, 0.05) is 25.3 Å². The summed E-state index contributed by atoms with van der Waals surface area (Å²) >= 11 is 1.14. The molecule has 1 aromatic heterocycles. The topological polar surface area (TPSA) is 45.2 Å². The molecule has 29 heavy (non-hydrogen) atoms. The number of hydrogen-bond donors (Lipinski definition) is 1. The van der Waals surface area contributed by atoms with E-state index < -0.39 is 17.6 Å². The lowest BCUT2D eigenvalue weighted by molar-refractivity contribution is -0.136. The zero-order chi connectivity index (χ0) is 21.3. The molecule has 2 aromatic carbocycles. The minimum Gasteiger partial charge on any atom is -0.378 e. The van der Waals surface area contributed by atoms with Gasteiger partial charge in [-0.2, -0.15) is 13.2 Å². The first-order valence-electron chi connectivity index (χ1n) is 8.79. The quantitative estimate of drug-likeness (QED) is 0.584. The fraction of sp³-hybridized carbons (Fsp3) is 0.238. The summed E-state index contributed by atoms with van der Waals surface area (Å²) in [6, 6.07) is 9.70. The van der Waals surface area contributed by atoms with Crippen molar-refractivity contribution in [3.8, 4) is 10.6 Å². The second-order valence-electron chi connectivity index (χ2n) is 6.92. The van der Waals surface area contributed by atoms with E-state index in [1.165, 1.54) is 18.3 Å². The van der Waals surface area contributed by atoms with Crippen molar-refractivity contribution in [1.82, 2.24) is 4.98 Å². The molecule has 0 spiro atoms. The lowest BCUT2D eigenvalue weighted by Crippen LogP contribution is -2.17. The maximum atomic E-state index is 13.5. The molecule has 152 valence electrons. The second-order valence-corrected chi connectivity index (χ2v) is 7.95. The number of amides is 1. The minimum atomic E-state index is -4.59. The van der Waals surface area contributed by atoms with E-state index in [0.29, 0.717) is 10.7 Å². The van der Waals surface area contributed by atoms with Crippen molar-refractivity contribution < 1.29 is 18.0 Å². The van der Waals surface area contributed by atoms with E-state index >= 15 is 0 Å². The Morgan fingerprint density at radius 2 is 1.83 bits per heavy atom. The Balaban J connectivity index is 1.89. The zero-order valence-corrected chi connectivity index (χ0v) is 17.2. The molecule has 8 heteroatoms. The highest BCUT2D eigenvalue weighted by molar-refractivity contribution is 7.17. The maximum absolute atomic E-state index is 13.5. The Bertz CT molecular complexity index is 1060. The van der Waals surface area contributed by atoms with Crippen molar-refractivity contribution >= 4 is 28.6 Å². The average molecular weight is 419 g/mol. The number of thiazole rings is 1. The van der Waals surface area contributed by atoms with E-state index in [-0.39, 0.29) is 10.6 Å². The van der Waals surface area contributed by atoms with Gasteiger partial charge in [-0.25, -0.2) is 4.98 Å². The maximum Gasteiger partial charge on any atom is 0.418 e. The lowest BCUT2D eigenvalue weighted by Gasteiger charge is -2.18. The largest absolute Gasteiger partial charge is 0.418 e. The number of rotatable bonds is 4. The van der Waals surface area contributed by atoms with E-state index in [1.807, 2.05) is 32.0 Å². The van der Waals surface area contributed by atoms with Crippen molar-refractivity contribution in [2.24, 2.45) is 0 Å².